The molecule has 1 aliphatic rings. The van der Waals surface area contributed by atoms with E-state index in [9.17, 15) is 24.8 Å². The molecule has 1 aromatic rings. The molecule has 8 heteroatoms. The van der Waals surface area contributed by atoms with Crippen molar-refractivity contribution in [2.75, 3.05) is 6.54 Å². The van der Waals surface area contributed by atoms with Gasteiger partial charge in [0.25, 0.3) is 11.6 Å². The van der Waals surface area contributed by atoms with Crippen LogP contribution in [0.5, 0.6) is 0 Å². The first-order valence-corrected chi connectivity index (χ1v) is 6.77. The highest BCUT2D eigenvalue weighted by molar-refractivity contribution is 6.31. The number of carboxylic acid groups (broad SMARTS) is 1. The molecular formula is C13H13ClN2O5. The number of likely N-dealkylation sites (tertiary alicyclic amines) is 1. The van der Waals surface area contributed by atoms with Crippen LogP contribution in [0.1, 0.15) is 29.6 Å². The number of nitrogens with zero attached hydrogens (tertiary/aromatic N) is 2. The molecule has 112 valence electrons. The molecule has 7 nitrogen and oxygen atoms in total. The Hall–Kier alpha value is -2.15. The van der Waals surface area contributed by atoms with E-state index in [-0.39, 0.29) is 22.8 Å². The van der Waals surface area contributed by atoms with Crippen molar-refractivity contribution >= 4 is 29.2 Å². The van der Waals surface area contributed by atoms with Crippen LogP contribution in [0, 0.1) is 10.1 Å². The van der Waals surface area contributed by atoms with Gasteiger partial charge in [-0.05, 0) is 31.4 Å². The second-order valence-corrected chi connectivity index (χ2v) is 5.20. The van der Waals surface area contributed by atoms with E-state index in [0.717, 1.165) is 6.07 Å². The van der Waals surface area contributed by atoms with Gasteiger partial charge < -0.3 is 10.0 Å². The number of nitro groups is 1. The summed E-state index contributed by atoms with van der Waals surface area (Å²) in [5.74, 6) is -1.77. The van der Waals surface area contributed by atoms with Gasteiger partial charge in [0, 0.05) is 17.6 Å². The molecule has 0 aromatic heterocycles. The average molecular weight is 313 g/mol. The molecule has 0 saturated carbocycles. The number of halogens is 1. The van der Waals surface area contributed by atoms with Gasteiger partial charge in [0.05, 0.1) is 4.92 Å². The maximum Gasteiger partial charge on any atom is 0.326 e. The molecule has 21 heavy (non-hydrogen) atoms. The topological polar surface area (TPSA) is 101 Å². The molecule has 1 atom stereocenters. The van der Waals surface area contributed by atoms with Crippen LogP contribution in [0.3, 0.4) is 0 Å². The average Bonchev–Trinajstić information content (AvgIpc) is 2.46. The number of rotatable bonds is 3. The van der Waals surface area contributed by atoms with Gasteiger partial charge in [-0.15, -0.1) is 0 Å². The minimum Gasteiger partial charge on any atom is -0.480 e. The summed E-state index contributed by atoms with van der Waals surface area (Å²) in [4.78, 5) is 35.2. The summed E-state index contributed by atoms with van der Waals surface area (Å²) in [5, 5.41) is 20.4. The fourth-order valence-corrected chi connectivity index (χ4v) is 2.60. The van der Waals surface area contributed by atoms with Gasteiger partial charge in [0.2, 0.25) is 0 Å². The number of carboxylic acids is 1. The second kappa shape index (κ2) is 6.09. The maximum atomic E-state index is 12.5. The number of hydrogen-bond acceptors (Lipinski definition) is 4. The molecular weight excluding hydrogens is 300 g/mol. The third-order valence-corrected chi connectivity index (χ3v) is 3.67. The first-order chi connectivity index (χ1) is 9.91. The zero-order chi connectivity index (χ0) is 15.6. The van der Waals surface area contributed by atoms with Gasteiger partial charge in [-0.1, -0.05) is 11.6 Å². The number of amides is 1. The van der Waals surface area contributed by atoms with E-state index in [4.69, 9.17) is 11.6 Å². The van der Waals surface area contributed by atoms with Crippen molar-refractivity contribution in [3.05, 3.63) is 38.9 Å². The zero-order valence-electron chi connectivity index (χ0n) is 11.0. The minimum absolute atomic E-state index is 0.180. The maximum absolute atomic E-state index is 12.5. The van der Waals surface area contributed by atoms with Crippen LogP contribution in [0.25, 0.3) is 0 Å². The quantitative estimate of drug-likeness (QED) is 0.682. The Morgan fingerprint density at radius 1 is 1.38 bits per heavy atom. The molecule has 1 amide bonds. The van der Waals surface area contributed by atoms with Crippen molar-refractivity contribution in [1.29, 1.82) is 0 Å². The molecule has 0 spiro atoms. The van der Waals surface area contributed by atoms with Crippen LogP contribution in [-0.4, -0.2) is 39.4 Å². The minimum atomic E-state index is -1.10. The van der Waals surface area contributed by atoms with E-state index in [1.165, 1.54) is 17.0 Å². The lowest BCUT2D eigenvalue weighted by Gasteiger charge is -2.32. The van der Waals surface area contributed by atoms with Crippen LogP contribution >= 0.6 is 11.6 Å². The van der Waals surface area contributed by atoms with Gasteiger partial charge >= 0.3 is 5.97 Å². The van der Waals surface area contributed by atoms with E-state index in [1.807, 2.05) is 0 Å². The lowest BCUT2D eigenvalue weighted by atomic mass is 10.0. The van der Waals surface area contributed by atoms with Crippen molar-refractivity contribution in [2.24, 2.45) is 0 Å². The molecule has 1 aromatic carbocycles. The highest BCUT2D eigenvalue weighted by atomic mass is 35.5. The number of benzene rings is 1. The Labute approximate surface area is 125 Å². The van der Waals surface area contributed by atoms with E-state index < -0.39 is 22.8 Å². The molecule has 1 aliphatic heterocycles. The predicted molar refractivity (Wildman–Crippen MR) is 74.4 cm³/mol. The Bertz CT molecular complexity index is 604. The van der Waals surface area contributed by atoms with Gasteiger partial charge in [0.1, 0.15) is 11.6 Å². The first kappa shape index (κ1) is 15.2. The predicted octanol–water partition coefficient (Wildman–Crippen LogP) is 2.33. The number of aliphatic carboxylic acids is 1. The highest BCUT2D eigenvalue weighted by Gasteiger charge is 2.35. The summed E-state index contributed by atoms with van der Waals surface area (Å²) in [6.45, 7) is 0.263. The highest BCUT2D eigenvalue weighted by Crippen LogP contribution is 2.27. The fourth-order valence-electron chi connectivity index (χ4n) is 2.42. The number of carbonyl (C=O) groups excluding carboxylic acids is 1. The molecule has 0 aliphatic carbocycles. The normalized spacial score (nSPS) is 18.3. The third kappa shape index (κ3) is 3.13. The van der Waals surface area contributed by atoms with Crippen LogP contribution in [0.15, 0.2) is 18.2 Å². The Balaban J connectivity index is 2.40. The summed E-state index contributed by atoms with van der Waals surface area (Å²) < 4.78 is 0. The van der Waals surface area contributed by atoms with E-state index in [0.29, 0.717) is 19.3 Å². The Morgan fingerprint density at radius 2 is 2.10 bits per heavy atom. The smallest absolute Gasteiger partial charge is 0.326 e. The van der Waals surface area contributed by atoms with E-state index >= 15 is 0 Å². The van der Waals surface area contributed by atoms with Crippen molar-refractivity contribution < 1.29 is 19.6 Å². The summed E-state index contributed by atoms with van der Waals surface area (Å²) >= 11 is 5.79. The molecule has 1 N–H and O–H groups in total. The molecule has 1 saturated heterocycles. The van der Waals surface area contributed by atoms with Gasteiger partial charge in [0.15, 0.2) is 0 Å². The molecule has 0 radical (unpaired) electrons. The standard InChI is InChI=1S/C13H13ClN2O5/c14-8-4-5-10(16(20)21)9(7-8)12(17)15-6-2-1-3-11(15)13(18)19/h4-5,7,11H,1-3,6H2,(H,18,19)/t11-/m1/s1. The van der Waals surface area contributed by atoms with Gasteiger partial charge in [-0.2, -0.15) is 0 Å². The summed E-state index contributed by atoms with van der Waals surface area (Å²) in [6, 6.07) is 2.72. The number of carbonyl (C=O) groups is 2. The van der Waals surface area contributed by atoms with Crippen molar-refractivity contribution in [2.45, 2.75) is 25.3 Å². The first-order valence-electron chi connectivity index (χ1n) is 6.39. The zero-order valence-corrected chi connectivity index (χ0v) is 11.7. The largest absolute Gasteiger partial charge is 0.480 e. The summed E-state index contributed by atoms with van der Waals surface area (Å²) in [5.41, 5.74) is -0.556. The number of hydrogen-bond donors (Lipinski definition) is 1. The summed E-state index contributed by atoms with van der Waals surface area (Å²) in [6.07, 6.45) is 1.72. The molecule has 2 rings (SSSR count). The van der Waals surface area contributed by atoms with Crippen molar-refractivity contribution in [3.8, 4) is 0 Å². The summed E-state index contributed by atoms with van der Waals surface area (Å²) in [7, 11) is 0. The van der Waals surface area contributed by atoms with E-state index in [2.05, 4.69) is 0 Å². The lowest BCUT2D eigenvalue weighted by Crippen LogP contribution is -2.48. The Kier molecular flexibility index (Phi) is 4.42. The number of nitro benzene ring substituents is 1. The monoisotopic (exact) mass is 312 g/mol. The van der Waals surface area contributed by atoms with Crippen LogP contribution in [-0.2, 0) is 4.79 Å². The third-order valence-electron chi connectivity index (χ3n) is 3.43. The fraction of sp³-hybridized carbons (Fsp3) is 0.385. The second-order valence-electron chi connectivity index (χ2n) is 4.77. The van der Waals surface area contributed by atoms with Gasteiger partial charge in [-0.25, -0.2) is 4.79 Å². The molecule has 1 heterocycles. The van der Waals surface area contributed by atoms with Gasteiger partial charge in [-0.3, -0.25) is 14.9 Å². The van der Waals surface area contributed by atoms with E-state index in [1.54, 1.807) is 0 Å². The Morgan fingerprint density at radius 3 is 2.71 bits per heavy atom. The molecule has 0 bridgehead atoms. The van der Waals surface area contributed by atoms with Crippen LogP contribution in [0.4, 0.5) is 5.69 Å². The van der Waals surface area contributed by atoms with Crippen molar-refractivity contribution in [3.63, 3.8) is 0 Å². The van der Waals surface area contributed by atoms with Crippen molar-refractivity contribution in [1.82, 2.24) is 4.90 Å². The van der Waals surface area contributed by atoms with Crippen LogP contribution < -0.4 is 0 Å². The SMILES string of the molecule is O=C(O)[C@H]1CCCCN1C(=O)c1cc(Cl)ccc1[N+](=O)[O-]. The van der Waals surface area contributed by atoms with Crippen LogP contribution in [0.2, 0.25) is 5.02 Å². The molecule has 0 unspecified atom stereocenters. The lowest BCUT2D eigenvalue weighted by molar-refractivity contribution is -0.385. The number of piperidine rings is 1. The molecule has 1 fully saturated rings.